The number of benzene rings is 18. The van der Waals surface area contributed by atoms with E-state index < -0.39 is 0 Å². The van der Waals surface area contributed by atoms with Gasteiger partial charge in [-0.15, -0.1) is 0 Å². The number of aromatic nitrogens is 6. The van der Waals surface area contributed by atoms with Gasteiger partial charge in [0.05, 0.1) is 40.7 Å². The largest absolute Gasteiger partial charge is 0.311 e. The molecule has 0 fully saturated rings. The summed E-state index contributed by atoms with van der Waals surface area (Å²) in [4.78, 5) is 31.9. The molecular weight excluding hydrogens is 1390 g/mol. The van der Waals surface area contributed by atoms with Gasteiger partial charge in [-0.1, -0.05) is 255 Å². The molecule has 0 N–H and O–H groups in total. The molecule has 0 aliphatic heterocycles. The maximum atomic E-state index is 7.67. The Labute approximate surface area is 656 Å². The molecule has 0 aliphatic rings. The fourth-order valence-electron chi connectivity index (χ4n) is 16.9. The van der Waals surface area contributed by atoms with Crippen molar-refractivity contribution < 1.29 is 0 Å². The van der Waals surface area contributed by atoms with Gasteiger partial charge in [-0.25, -0.2) is 14.7 Å². The minimum absolute atomic E-state index is 0.468. The van der Waals surface area contributed by atoms with Crippen molar-refractivity contribution in [2.45, 2.75) is 0 Å². The average Bonchev–Trinajstić information content (AvgIpc) is 1.56. The Morgan fingerprint density at radius 1 is 0.254 bits per heavy atom. The van der Waals surface area contributed by atoms with E-state index in [1.54, 1.807) is 0 Å². The number of hydrogen-bond donors (Lipinski definition) is 0. The van der Waals surface area contributed by atoms with Crippen LogP contribution in [0.1, 0.15) is 0 Å². The van der Waals surface area contributed by atoms with Crippen LogP contribution in [0.4, 0.5) is 45.8 Å². The van der Waals surface area contributed by atoms with Gasteiger partial charge in [0.15, 0.2) is 23.0 Å². The molecule has 0 spiro atoms. The third kappa shape index (κ3) is 11.5. The van der Waals surface area contributed by atoms with Gasteiger partial charge in [0, 0.05) is 89.6 Å². The van der Waals surface area contributed by atoms with E-state index in [2.05, 4.69) is 337 Å². The summed E-state index contributed by atoms with van der Waals surface area (Å²) in [6.45, 7) is 15.2. The molecule has 530 valence electrons. The van der Waals surface area contributed by atoms with Gasteiger partial charge in [-0.05, 0) is 198 Å². The van der Waals surface area contributed by atoms with E-state index in [0.717, 1.165) is 111 Å². The van der Waals surface area contributed by atoms with E-state index in [9.17, 15) is 0 Å². The highest BCUT2D eigenvalue weighted by atomic mass is 15.3. The number of rotatable bonds is 13. The van der Waals surface area contributed by atoms with E-state index in [4.69, 9.17) is 28.1 Å². The van der Waals surface area contributed by atoms with Gasteiger partial charge in [0.1, 0.15) is 0 Å². The zero-order chi connectivity index (χ0) is 75.7. The zero-order valence-electron chi connectivity index (χ0n) is 61.4. The van der Waals surface area contributed by atoms with Crippen LogP contribution in [0.5, 0.6) is 0 Å². The molecule has 10 heteroatoms. The third-order valence-electron chi connectivity index (χ3n) is 22.2. The van der Waals surface area contributed by atoms with Crippen LogP contribution in [0.25, 0.3) is 175 Å². The molecule has 0 saturated carbocycles. The van der Waals surface area contributed by atoms with Crippen molar-refractivity contribution in [3.8, 4) is 67.5 Å². The molecular formula is C104H64N10. The zero-order valence-corrected chi connectivity index (χ0v) is 61.4. The van der Waals surface area contributed by atoms with Gasteiger partial charge < -0.3 is 14.0 Å². The van der Waals surface area contributed by atoms with E-state index in [1.165, 1.54) is 70.7 Å². The molecule has 18 aromatic carbocycles. The summed E-state index contributed by atoms with van der Waals surface area (Å²) in [6.07, 6.45) is 1.85. The second-order valence-electron chi connectivity index (χ2n) is 28.7. The highest BCUT2D eigenvalue weighted by Crippen LogP contribution is 2.47. The van der Waals surface area contributed by atoms with Crippen LogP contribution in [0, 0.1) is 13.1 Å². The molecule has 114 heavy (non-hydrogen) atoms. The number of pyridine rings is 1. The minimum Gasteiger partial charge on any atom is -0.311 e. The maximum absolute atomic E-state index is 7.67. The molecule has 0 saturated heterocycles. The van der Waals surface area contributed by atoms with Gasteiger partial charge in [0.2, 0.25) is 5.95 Å². The minimum atomic E-state index is 0.468. The lowest BCUT2D eigenvalue weighted by molar-refractivity contribution is 1.02. The van der Waals surface area contributed by atoms with E-state index in [0.29, 0.717) is 29.0 Å². The summed E-state index contributed by atoms with van der Waals surface area (Å²) < 4.78 is 4.76. The van der Waals surface area contributed by atoms with Crippen molar-refractivity contribution in [1.29, 1.82) is 0 Å². The maximum Gasteiger partial charge on any atom is 0.238 e. The van der Waals surface area contributed by atoms with Crippen molar-refractivity contribution in [2.75, 3.05) is 9.80 Å². The first kappa shape index (κ1) is 66.3. The third-order valence-corrected chi connectivity index (χ3v) is 22.2. The van der Waals surface area contributed by atoms with Crippen molar-refractivity contribution in [2.24, 2.45) is 0 Å². The van der Waals surface area contributed by atoms with Crippen molar-refractivity contribution in [3.63, 3.8) is 0 Å². The van der Waals surface area contributed by atoms with E-state index in [-0.39, 0.29) is 0 Å². The van der Waals surface area contributed by atoms with Gasteiger partial charge in [-0.2, -0.15) is 9.97 Å². The van der Waals surface area contributed by atoms with Crippen LogP contribution in [-0.4, -0.2) is 29.1 Å². The molecule has 0 radical (unpaired) electrons. The smallest absolute Gasteiger partial charge is 0.238 e. The first-order valence-electron chi connectivity index (χ1n) is 38.0. The number of para-hydroxylation sites is 3. The predicted octanol–water partition coefficient (Wildman–Crippen LogP) is 28.2. The second-order valence-corrected chi connectivity index (χ2v) is 28.7. The molecule has 22 rings (SSSR count). The predicted molar refractivity (Wildman–Crippen MR) is 472 cm³/mol. The Hall–Kier alpha value is -15.9. The molecule has 0 aliphatic carbocycles. The lowest BCUT2D eigenvalue weighted by Crippen LogP contribution is -2.15. The highest BCUT2D eigenvalue weighted by Gasteiger charge is 2.25. The van der Waals surface area contributed by atoms with Crippen LogP contribution in [0.3, 0.4) is 0 Å². The summed E-state index contributed by atoms with van der Waals surface area (Å²) in [5, 5.41) is 15.7. The monoisotopic (exact) mass is 1450 g/mol. The van der Waals surface area contributed by atoms with Crippen molar-refractivity contribution in [3.05, 3.63) is 411 Å². The Kier molecular flexibility index (Phi) is 16.1. The summed E-state index contributed by atoms with van der Waals surface area (Å²) in [5.41, 5.74) is 22.7. The summed E-state index contributed by atoms with van der Waals surface area (Å²) in [5.74, 6) is 1.60. The highest BCUT2D eigenvalue weighted by molar-refractivity contribution is 6.28. The van der Waals surface area contributed by atoms with Crippen molar-refractivity contribution >= 4 is 143 Å². The quantitative estimate of drug-likeness (QED) is 0.0846. The molecule has 0 atom stereocenters. The second kappa shape index (κ2) is 27.7. The Balaban J connectivity index is 0.000000145. The molecule has 0 unspecified atom stereocenters. The fourth-order valence-corrected chi connectivity index (χ4v) is 16.9. The Bertz CT molecular complexity index is 7430. The van der Waals surface area contributed by atoms with Crippen molar-refractivity contribution in [1.82, 2.24) is 29.1 Å². The van der Waals surface area contributed by atoms with Crippen LogP contribution < -0.4 is 9.80 Å². The first-order valence-corrected chi connectivity index (χ1v) is 38.0. The Morgan fingerprint density at radius 3 is 1.09 bits per heavy atom. The van der Waals surface area contributed by atoms with Crippen LogP contribution >= 0.6 is 0 Å². The fraction of sp³-hybridized carbons (Fsp3) is 0. The van der Waals surface area contributed by atoms with Crippen LogP contribution in [-0.2, 0) is 0 Å². The van der Waals surface area contributed by atoms with E-state index >= 15 is 0 Å². The van der Waals surface area contributed by atoms with Crippen LogP contribution in [0.15, 0.2) is 388 Å². The molecule has 4 heterocycles. The molecule has 4 aromatic heterocycles. The first-order chi connectivity index (χ1) is 56.4. The molecule has 10 nitrogen and oxygen atoms in total. The van der Waals surface area contributed by atoms with Gasteiger partial charge in [-0.3, -0.25) is 9.88 Å². The topological polar surface area (TPSA) is 76.6 Å². The standard InChI is InChI=1S/C56H34N6.C48H30N4/c1-57-44-25-29-47(30-26-44)61(56-59-54(42-20-18-36-10-5-7-12-40(36)34-42)58-55(60-56)43-21-19-37-11-6-8-13-41(37)35-43)46-27-22-38(23-28-46)48-32-33-51-53-49(48)31-24-39-14-9-17-50(52(39)53)62(51)45-15-3-2-4-16-45;1-49-36-20-26-40(27-21-36)51(39-24-17-33(18-25-39)42-13-5-9-35-10-7-31-50-48(35)42)38-22-15-32(16-23-38)41-29-30-45-47-43(41)28-19-34-8-6-14-44(46(34)47)52(45)37-11-3-2-4-12-37/h2-35H;2-31H. The van der Waals surface area contributed by atoms with E-state index in [1.807, 2.05) is 85.1 Å². The summed E-state index contributed by atoms with van der Waals surface area (Å²) in [6, 6.07) is 134. The lowest BCUT2D eigenvalue weighted by atomic mass is 9.94. The average molecular weight is 1450 g/mol. The van der Waals surface area contributed by atoms with Gasteiger partial charge in [0.25, 0.3) is 0 Å². The van der Waals surface area contributed by atoms with Crippen LogP contribution in [0.2, 0.25) is 0 Å². The Morgan fingerprint density at radius 2 is 0.623 bits per heavy atom. The number of hydrogen-bond acceptors (Lipinski definition) is 6. The number of anilines is 6. The molecule has 0 bridgehead atoms. The summed E-state index contributed by atoms with van der Waals surface area (Å²) >= 11 is 0. The van der Waals surface area contributed by atoms with Gasteiger partial charge >= 0.3 is 0 Å². The SMILES string of the molecule is [C-]#[N+]c1ccc(N(c2ccc(-c3ccc4c5c3ccc3cccc(c35)n4-c3ccccc3)cc2)c2ccc(-c3cccc4cccnc34)cc2)cc1.[C-]#[N+]c1ccc(N(c2ccc(-c3ccc4c5c3ccc3cccc(c35)n4-c3ccccc3)cc2)c2nc(-c3ccc4ccccc4c3)nc(-c3ccc4ccccc4c3)n2)cc1. The number of fused-ring (bicyclic) bond motifs is 3. The normalized spacial score (nSPS) is 11.5. The number of nitrogens with zero attached hydrogens (tertiary/aromatic N) is 10. The lowest BCUT2D eigenvalue weighted by Gasteiger charge is -2.26. The molecule has 22 aromatic rings. The summed E-state index contributed by atoms with van der Waals surface area (Å²) in [7, 11) is 0. The molecule has 0 amide bonds.